The molecule has 0 spiro atoms. The zero-order chi connectivity index (χ0) is 18.5. The number of nitrogens with one attached hydrogen (secondary N) is 2. The maximum Gasteiger partial charge on any atom is 0.341 e. The summed E-state index contributed by atoms with van der Waals surface area (Å²) < 4.78 is 5.20. The zero-order valence-electron chi connectivity index (χ0n) is 14.6. The highest BCUT2D eigenvalue weighted by molar-refractivity contribution is 7.17. The molecule has 7 heteroatoms. The molecule has 2 aromatic rings. The van der Waals surface area contributed by atoms with Gasteiger partial charge >= 0.3 is 5.97 Å². The van der Waals surface area contributed by atoms with E-state index in [4.69, 9.17) is 16.3 Å². The molecule has 26 heavy (non-hydrogen) atoms. The van der Waals surface area contributed by atoms with Crippen LogP contribution >= 0.6 is 22.9 Å². The summed E-state index contributed by atoms with van der Waals surface area (Å²) in [5.41, 5.74) is 2.26. The van der Waals surface area contributed by atoms with Gasteiger partial charge in [0.2, 0.25) is 5.91 Å². The Hall–Kier alpha value is -2.05. The Kier molecular flexibility index (Phi) is 6.16. The third-order valence-corrected chi connectivity index (χ3v) is 5.75. The molecule has 1 heterocycles. The van der Waals surface area contributed by atoms with Gasteiger partial charge in [0.1, 0.15) is 5.00 Å². The topological polar surface area (TPSA) is 67.4 Å². The van der Waals surface area contributed by atoms with Crippen molar-refractivity contribution in [2.24, 2.45) is 0 Å². The number of halogens is 1. The predicted molar refractivity (Wildman–Crippen MR) is 105 cm³/mol. The van der Waals surface area contributed by atoms with Crippen molar-refractivity contribution < 1.29 is 14.3 Å². The molecule has 1 amide bonds. The largest absolute Gasteiger partial charge is 0.462 e. The number of thiophene rings is 1. The van der Waals surface area contributed by atoms with E-state index >= 15 is 0 Å². The number of benzene rings is 1. The van der Waals surface area contributed by atoms with Gasteiger partial charge in [-0.3, -0.25) is 4.79 Å². The summed E-state index contributed by atoms with van der Waals surface area (Å²) in [4.78, 5) is 26.0. The molecule has 0 saturated heterocycles. The number of amides is 1. The highest BCUT2D eigenvalue weighted by Gasteiger charge is 2.27. The Labute approximate surface area is 161 Å². The van der Waals surface area contributed by atoms with E-state index in [1.165, 1.54) is 16.2 Å². The van der Waals surface area contributed by atoms with E-state index in [0.29, 0.717) is 27.9 Å². The fourth-order valence-corrected chi connectivity index (χ4v) is 4.52. The molecule has 0 aliphatic heterocycles. The lowest BCUT2D eigenvalue weighted by molar-refractivity contribution is -0.114. The van der Waals surface area contributed by atoms with Crippen molar-refractivity contribution >= 4 is 45.5 Å². The normalized spacial score (nSPS) is 13.0. The average Bonchev–Trinajstić information content (AvgIpc) is 2.99. The molecule has 0 bridgehead atoms. The first kappa shape index (κ1) is 18.7. The van der Waals surface area contributed by atoms with Gasteiger partial charge in [-0.2, -0.15) is 0 Å². The first-order valence-corrected chi connectivity index (χ1v) is 9.89. The summed E-state index contributed by atoms with van der Waals surface area (Å²) in [6.45, 7) is 2.15. The minimum Gasteiger partial charge on any atom is -0.462 e. The zero-order valence-corrected chi connectivity index (χ0v) is 16.1. The van der Waals surface area contributed by atoms with Crippen LogP contribution < -0.4 is 10.6 Å². The lowest BCUT2D eigenvalue weighted by Gasteiger charge is -2.12. The number of carbonyl (C=O) groups excluding carboxylic acids is 2. The van der Waals surface area contributed by atoms with E-state index in [1.807, 2.05) is 18.2 Å². The third kappa shape index (κ3) is 4.19. The second kappa shape index (κ2) is 8.56. The van der Waals surface area contributed by atoms with Gasteiger partial charge in [-0.05, 0) is 50.3 Å². The van der Waals surface area contributed by atoms with Gasteiger partial charge in [0.25, 0.3) is 0 Å². The second-order valence-corrected chi connectivity index (χ2v) is 7.53. The lowest BCUT2D eigenvalue weighted by Crippen LogP contribution is -2.22. The fourth-order valence-electron chi connectivity index (χ4n) is 3.02. The summed E-state index contributed by atoms with van der Waals surface area (Å²) in [6.07, 6.45) is 3.96. The number of hydrogen-bond acceptors (Lipinski definition) is 5. The Bertz CT molecular complexity index is 819. The summed E-state index contributed by atoms with van der Waals surface area (Å²) in [5.74, 6) is -0.588. The van der Waals surface area contributed by atoms with Gasteiger partial charge in [0, 0.05) is 4.88 Å². The molecule has 1 aliphatic rings. The van der Waals surface area contributed by atoms with Gasteiger partial charge in [-0.15, -0.1) is 11.3 Å². The van der Waals surface area contributed by atoms with E-state index in [2.05, 4.69) is 10.6 Å². The van der Waals surface area contributed by atoms with E-state index < -0.39 is 0 Å². The SMILES string of the molecule is CCOC(=O)c1c(NC(=O)CNc2ccccc2Cl)sc2c1CCCC2. The molecule has 2 N–H and O–H groups in total. The molecular formula is C19H21ClN2O3S. The second-order valence-electron chi connectivity index (χ2n) is 6.02. The number of carbonyl (C=O) groups is 2. The predicted octanol–water partition coefficient (Wildman–Crippen LogP) is 4.51. The van der Waals surface area contributed by atoms with Crippen molar-refractivity contribution in [1.82, 2.24) is 0 Å². The van der Waals surface area contributed by atoms with Crippen molar-refractivity contribution in [2.45, 2.75) is 32.6 Å². The molecule has 138 valence electrons. The van der Waals surface area contributed by atoms with Crippen molar-refractivity contribution in [1.29, 1.82) is 0 Å². The van der Waals surface area contributed by atoms with Gasteiger partial charge in [0.05, 0.1) is 29.4 Å². The van der Waals surface area contributed by atoms with E-state index in [0.717, 1.165) is 31.2 Å². The fraction of sp³-hybridized carbons (Fsp3) is 0.368. The van der Waals surface area contributed by atoms with Crippen molar-refractivity contribution in [2.75, 3.05) is 23.8 Å². The van der Waals surface area contributed by atoms with Crippen LogP contribution in [0.1, 0.15) is 40.6 Å². The standard InChI is InChI=1S/C19H21ClN2O3S/c1-2-25-19(24)17-12-7-3-6-10-15(12)26-18(17)22-16(23)11-21-14-9-5-4-8-13(14)20/h4-5,8-9,21H,2-3,6-7,10-11H2,1H3,(H,22,23). The van der Waals surface area contributed by atoms with Crippen LogP contribution in [0.2, 0.25) is 5.02 Å². The van der Waals surface area contributed by atoms with Crippen LogP contribution in [0.25, 0.3) is 0 Å². The number of fused-ring (bicyclic) bond motifs is 1. The number of para-hydroxylation sites is 1. The van der Waals surface area contributed by atoms with Gasteiger partial charge in [-0.25, -0.2) is 4.79 Å². The summed E-state index contributed by atoms with van der Waals surface area (Å²) >= 11 is 7.57. The molecule has 0 unspecified atom stereocenters. The molecule has 1 aliphatic carbocycles. The van der Waals surface area contributed by atoms with Crippen LogP contribution in [0.15, 0.2) is 24.3 Å². The smallest absolute Gasteiger partial charge is 0.341 e. The molecule has 0 fully saturated rings. The minimum atomic E-state index is -0.360. The summed E-state index contributed by atoms with van der Waals surface area (Å²) in [5, 5.41) is 7.02. The molecule has 1 aromatic carbocycles. The highest BCUT2D eigenvalue weighted by atomic mass is 35.5. The number of aryl methyl sites for hydroxylation is 1. The minimum absolute atomic E-state index is 0.0641. The molecule has 0 saturated carbocycles. The molecular weight excluding hydrogens is 372 g/mol. The quantitative estimate of drug-likeness (QED) is 0.710. The summed E-state index contributed by atoms with van der Waals surface area (Å²) in [7, 11) is 0. The molecule has 5 nitrogen and oxygen atoms in total. The van der Waals surface area contributed by atoms with Crippen LogP contribution in [-0.4, -0.2) is 25.0 Å². The van der Waals surface area contributed by atoms with Crippen LogP contribution in [0.4, 0.5) is 10.7 Å². The maximum absolute atomic E-state index is 12.4. The number of hydrogen-bond donors (Lipinski definition) is 2. The van der Waals surface area contributed by atoms with Crippen LogP contribution in [-0.2, 0) is 22.4 Å². The first-order chi connectivity index (χ1) is 12.6. The van der Waals surface area contributed by atoms with Crippen molar-refractivity contribution in [3.8, 4) is 0 Å². The Balaban J connectivity index is 1.74. The monoisotopic (exact) mass is 392 g/mol. The molecule has 0 radical (unpaired) electrons. The Morgan fingerprint density at radius 2 is 2.00 bits per heavy atom. The van der Waals surface area contributed by atoms with Gasteiger partial charge < -0.3 is 15.4 Å². The average molecular weight is 393 g/mol. The van der Waals surface area contributed by atoms with Crippen LogP contribution in [0, 0.1) is 0 Å². The number of anilines is 2. The first-order valence-electron chi connectivity index (χ1n) is 8.70. The number of ether oxygens (including phenoxy) is 1. The van der Waals surface area contributed by atoms with E-state index in [1.54, 1.807) is 13.0 Å². The van der Waals surface area contributed by atoms with Gasteiger partial charge in [-0.1, -0.05) is 23.7 Å². The Morgan fingerprint density at radius 1 is 1.23 bits per heavy atom. The van der Waals surface area contributed by atoms with Crippen molar-refractivity contribution in [3.05, 3.63) is 45.3 Å². The highest BCUT2D eigenvalue weighted by Crippen LogP contribution is 2.38. The van der Waals surface area contributed by atoms with E-state index in [9.17, 15) is 9.59 Å². The summed E-state index contributed by atoms with van der Waals surface area (Å²) in [6, 6.07) is 7.24. The van der Waals surface area contributed by atoms with Crippen LogP contribution in [0.3, 0.4) is 0 Å². The third-order valence-electron chi connectivity index (χ3n) is 4.22. The van der Waals surface area contributed by atoms with Gasteiger partial charge in [0.15, 0.2) is 0 Å². The van der Waals surface area contributed by atoms with Crippen LogP contribution in [0.5, 0.6) is 0 Å². The van der Waals surface area contributed by atoms with E-state index in [-0.39, 0.29) is 18.4 Å². The van der Waals surface area contributed by atoms with Crippen molar-refractivity contribution in [3.63, 3.8) is 0 Å². The number of esters is 1. The maximum atomic E-state index is 12.4. The molecule has 0 atom stereocenters. The Morgan fingerprint density at radius 3 is 2.77 bits per heavy atom. The number of rotatable bonds is 6. The lowest BCUT2D eigenvalue weighted by atomic mass is 9.95. The molecule has 3 rings (SSSR count). The molecule has 1 aromatic heterocycles.